The molecular weight excluding hydrogens is 295 g/mol. The summed E-state index contributed by atoms with van der Waals surface area (Å²) in [5, 5.41) is 8.64. The monoisotopic (exact) mass is 317 g/mol. The second kappa shape index (κ2) is 6.49. The zero-order chi connectivity index (χ0) is 12.5. The maximum atomic E-state index is 8.64. The molecule has 0 spiro atoms. The number of nitrogens with zero attached hydrogens (tertiary/aromatic N) is 1. The van der Waals surface area contributed by atoms with Crippen molar-refractivity contribution in [2.45, 2.75) is 46.0 Å². The summed E-state index contributed by atoms with van der Waals surface area (Å²) in [6.45, 7) is 10.9. The van der Waals surface area contributed by atoms with E-state index in [4.69, 9.17) is 11.8 Å². The van der Waals surface area contributed by atoms with E-state index >= 15 is 0 Å². The second-order valence-electron chi connectivity index (χ2n) is 6.02. The van der Waals surface area contributed by atoms with Crippen molar-refractivity contribution in [1.29, 1.82) is 5.26 Å². The quantitative estimate of drug-likeness (QED) is 0.551. The summed E-state index contributed by atoms with van der Waals surface area (Å²) in [4.78, 5) is 0. The molecular formula is C16H22NY-. The van der Waals surface area contributed by atoms with Gasteiger partial charge in [-0.25, -0.2) is 0 Å². The number of allylic oxidation sites excluding steroid dienone is 3. The van der Waals surface area contributed by atoms with Gasteiger partial charge < -0.3 is 6.58 Å². The van der Waals surface area contributed by atoms with Gasteiger partial charge in [-0.05, 0) is 42.4 Å². The first-order valence-corrected chi connectivity index (χ1v) is 6.77. The number of nitriles is 1. The van der Waals surface area contributed by atoms with Crippen LogP contribution in [0.1, 0.15) is 46.0 Å². The van der Waals surface area contributed by atoms with Crippen LogP contribution in [0.4, 0.5) is 0 Å². The van der Waals surface area contributed by atoms with Crippen LogP contribution in [0, 0.1) is 41.1 Å². The van der Waals surface area contributed by atoms with Crippen LogP contribution in [-0.2, 0) is 32.7 Å². The van der Waals surface area contributed by atoms with Gasteiger partial charge in [-0.2, -0.15) is 5.26 Å². The standard InChI is InChI=1S/C16H22N.Y/c1-12-6-4-10-16(3)14(12)8-9-15(16)13(2)7-5-11-17;/h1,5,7,13-15H,4,6,8-10H2,2-3H3;/q-1;/b7-5+;/t13-,14?,15-,16+;/m1./s1. The van der Waals surface area contributed by atoms with Crippen LogP contribution >= 0.6 is 0 Å². The van der Waals surface area contributed by atoms with Gasteiger partial charge in [-0.3, -0.25) is 5.57 Å². The maximum Gasteiger partial charge on any atom is 0.0908 e. The molecule has 18 heavy (non-hydrogen) atoms. The summed E-state index contributed by atoms with van der Waals surface area (Å²) < 4.78 is 0. The molecule has 2 aliphatic carbocycles. The number of rotatable bonds is 2. The summed E-state index contributed by atoms with van der Waals surface area (Å²) in [6.07, 6.45) is 9.88. The molecule has 0 saturated heterocycles. The van der Waals surface area contributed by atoms with Crippen LogP contribution in [0.3, 0.4) is 0 Å². The molecule has 1 nitrogen and oxygen atoms in total. The number of hydrogen-bond acceptors (Lipinski definition) is 1. The zero-order valence-corrected chi connectivity index (χ0v) is 14.4. The van der Waals surface area contributed by atoms with Crippen molar-refractivity contribution in [3.8, 4) is 6.07 Å². The van der Waals surface area contributed by atoms with E-state index in [1.54, 1.807) is 6.08 Å². The summed E-state index contributed by atoms with van der Waals surface area (Å²) in [5.74, 6) is 1.81. The average molecular weight is 317 g/mol. The van der Waals surface area contributed by atoms with Crippen LogP contribution in [-0.4, -0.2) is 0 Å². The minimum Gasteiger partial charge on any atom is -0.514 e. The third kappa shape index (κ3) is 2.81. The first-order chi connectivity index (χ1) is 8.09. The summed E-state index contributed by atoms with van der Waals surface area (Å²) in [5.41, 5.74) is 1.61. The van der Waals surface area contributed by atoms with Gasteiger partial charge in [-0.15, -0.1) is 0 Å². The normalized spacial score (nSPS) is 36.8. The van der Waals surface area contributed by atoms with Crippen LogP contribution in [0.2, 0.25) is 0 Å². The SMILES string of the molecule is [CH-]=C1CCC[C@@]2(C)C1CC[C@@H]2[C@H](C)/C=C/C#N.[Y]. The van der Waals surface area contributed by atoms with Crippen LogP contribution in [0.5, 0.6) is 0 Å². The van der Waals surface area contributed by atoms with E-state index in [9.17, 15) is 0 Å². The molecule has 0 aromatic heterocycles. The van der Waals surface area contributed by atoms with Crippen molar-refractivity contribution in [3.05, 3.63) is 24.3 Å². The molecule has 1 unspecified atom stereocenters. The average Bonchev–Trinajstić information content (AvgIpc) is 2.64. The van der Waals surface area contributed by atoms with Crippen molar-refractivity contribution in [2.75, 3.05) is 0 Å². The molecule has 0 aromatic rings. The Kier molecular flexibility index (Phi) is 5.81. The first kappa shape index (κ1) is 16.1. The Morgan fingerprint density at radius 3 is 2.89 bits per heavy atom. The Balaban J connectivity index is 0.00000162. The molecule has 2 heteroatoms. The Morgan fingerprint density at radius 1 is 1.50 bits per heavy atom. The molecule has 0 bridgehead atoms. The van der Waals surface area contributed by atoms with E-state index in [1.807, 2.05) is 0 Å². The van der Waals surface area contributed by atoms with E-state index in [1.165, 1.54) is 31.3 Å². The summed E-state index contributed by atoms with van der Waals surface area (Å²) in [6, 6.07) is 2.10. The molecule has 0 amide bonds. The van der Waals surface area contributed by atoms with E-state index in [0.717, 1.165) is 6.42 Å². The Morgan fingerprint density at radius 2 is 2.22 bits per heavy atom. The molecule has 1 radical (unpaired) electrons. The van der Waals surface area contributed by atoms with Gasteiger partial charge in [0, 0.05) is 38.8 Å². The molecule has 2 rings (SSSR count). The molecule has 2 aliphatic rings. The third-order valence-corrected chi connectivity index (χ3v) is 5.15. The fraction of sp³-hybridized carbons (Fsp3) is 0.688. The predicted molar refractivity (Wildman–Crippen MR) is 69.9 cm³/mol. The number of hydrogen-bond donors (Lipinski definition) is 0. The first-order valence-electron chi connectivity index (χ1n) is 6.77. The van der Waals surface area contributed by atoms with Crippen molar-refractivity contribution in [2.24, 2.45) is 23.2 Å². The predicted octanol–water partition coefficient (Wildman–Crippen LogP) is 4.28. The molecule has 0 heterocycles. The van der Waals surface area contributed by atoms with Crippen LogP contribution in [0.15, 0.2) is 17.7 Å². The molecule has 4 atom stereocenters. The summed E-state index contributed by atoms with van der Waals surface area (Å²) >= 11 is 0. The Bertz CT molecular complexity index is 379. The molecule has 0 N–H and O–H groups in total. The van der Waals surface area contributed by atoms with Gasteiger partial charge in [0.25, 0.3) is 0 Å². The smallest absolute Gasteiger partial charge is 0.0908 e. The van der Waals surface area contributed by atoms with Crippen LogP contribution in [0.25, 0.3) is 0 Å². The van der Waals surface area contributed by atoms with E-state index < -0.39 is 0 Å². The Labute approximate surface area is 137 Å². The van der Waals surface area contributed by atoms with Gasteiger partial charge >= 0.3 is 0 Å². The largest absolute Gasteiger partial charge is 0.514 e. The van der Waals surface area contributed by atoms with Crippen molar-refractivity contribution >= 4 is 0 Å². The van der Waals surface area contributed by atoms with Gasteiger partial charge in [0.2, 0.25) is 0 Å². The van der Waals surface area contributed by atoms with Crippen LogP contribution < -0.4 is 0 Å². The zero-order valence-electron chi connectivity index (χ0n) is 11.5. The molecule has 95 valence electrons. The maximum absolute atomic E-state index is 8.64. The van der Waals surface area contributed by atoms with Gasteiger partial charge in [0.15, 0.2) is 0 Å². The van der Waals surface area contributed by atoms with E-state index in [-0.39, 0.29) is 32.7 Å². The molecule has 0 aliphatic heterocycles. The van der Waals surface area contributed by atoms with E-state index in [2.05, 4.69) is 26.0 Å². The second-order valence-corrected chi connectivity index (χ2v) is 6.02. The van der Waals surface area contributed by atoms with E-state index in [0.29, 0.717) is 23.2 Å². The Hall–Kier alpha value is 0.0739. The van der Waals surface area contributed by atoms with Gasteiger partial charge in [-0.1, -0.05) is 32.8 Å². The fourth-order valence-electron chi connectivity index (χ4n) is 4.27. The van der Waals surface area contributed by atoms with Gasteiger partial charge in [0.05, 0.1) is 6.07 Å². The molecule has 0 aromatic carbocycles. The van der Waals surface area contributed by atoms with Crippen molar-refractivity contribution in [3.63, 3.8) is 0 Å². The minimum absolute atomic E-state index is 0. The van der Waals surface area contributed by atoms with Crippen molar-refractivity contribution < 1.29 is 32.7 Å². The molecule has 2 saturated carbocycles. The van der Waals surface area contributed by atoms with Crippen molar-refractivity contribution in [1.82, 2.24) is 0 Å². The number of fused-ring (bicyclic) bond motifs is 1. The summed E-state index contributed by atoms with van der Waals surface area (Å²) in [7, 11) is 0. The fourth-order valence-corrected chi connectivity index (χ4v) is 4.27. The minimum atomic E-state index is 0. The van der Waals surface area contributed by atoms with Gasteiger partial charge in [0.1, 0.15) is 0 Å². The topological polar surface area (TPSA) is 23.8 Å². The molecule has 2 fully saturated rings. The third-order valence-electron chi connectivity index (χ3n) is 5.15.